The fourth-order valence-corrected chi connectivity index (χ4v) is 3.39. The molecule has 1 aromatic heterocycles. The van der Waals surface area contributed by atoms with Crippen molar-refractivity contribution in [2.24, 2.45) is 0 Å². The van der Waals surface area contributed by atoms with Crippen LogP contribution in [0.5, 0.6) is 0 Å². The lowest BCUT2D eigenvalue weighted by atomic mass is 10.4. The van der Waals surface area contributed by atoms with Crippen molar-refractivity contribution < 1.29 is 8.42 Å². The van der Waals surface area contributed by atoms with Crippen LogP contribution in [0.15, 0.2) is 40.7 Å². The van der Waals surface area contributed by atoms with Crippen LogP contribution in [0.2, 0.25) is 5.02 Å². The molecule has 0 saturated heterocycles. The van der Waals surface area contributed by atoms with Crippen molar-refractivity contribution in [2.75, 3.05) is 0 Å². The van der Waals surface area contributed by atoms with Gasteiger partial charge in [-0.2, -0.15) is 0 Å². The van der Waals surface area contributed by atoms with Crippen LogP contribution in [-0.2, 0) is 16.6 Å². The van der Waals surface area contributed by atoms with Gasteiger partial charge in [0.25, 0.3) is 0 Å². The molecule has 2 aromatic rings. The van der Waals surface area contributed by atoms with Crippen molar-refractivity contribution >= 4 is 33.0 Å². The molecule has 0 aliphatic rings. The van der Waals surface area contributed by atoms with E-state index < -0.39 is 10.0 Å². The Kier molecular flexibility index (Phi) is 3.78. The predicted molar refractivity (Wildman–Crippen MR) is 67.6 cm³/mol. The molecule has 0 atom stereocenters. The van der Waals surface area contributed by atoms with Crippen LogP contribution in [0.4, 0.5) is 0 Å². The van der Waals surface area contributed by atoms with E-state index in [0.29, 0.717) is 5.01 Å². The largest absolute Gasteiger partial charge is 0.248 e. The second-order valence-corrected chi connectivity index (χ2v) is 6.30. The highest BCUT2D eigenvalue weighted by Crippen LogP contribution is 2.20. The summed E-state index contributed by atoms with van der Waals surface area (Å²) in [5, 5.41) is 2.71. The first-order valence-electron chi connectivity index (χ1n) is 4.72. The predicted octanol–water partition coefficient (Wildman–Crippen LogP) is 2.28. The maximum atomic E-state index is 11.9. The third kappa shape index (κ3) is 3.04. The van der Waals surface area contributed by atoms with Crippen molar-refractivity contribution in [1.29, 1.82) is 0 Å². The molecule has 17 heavy (non-hydrogen) atoms. The topological polar surface area (TPSA) is 59.1 Å². The van der Waals surface area contributed by atoms with E-state index in [1.54, 1.807) is 29.8 Å². The number of hydrogen-bond donors (Lipinski definition) is 1. The van der Waals surface area contributed by atoms with Crippen LogP contribution < -0.4 is 4.72 Å². The van der Waals surface area contributed by atoms with Gasteiger partial charge in [-0.1, -0.05) is 23.7 Å². The first-order chi connectivity index (χ1) is 8.09. The molecule has 0 saturated carbocycles. The number of sulfonamides is 1. The number of nitrogens with one attached hydrogen (secondary N) is 1. The minimum Gasteiger partial charge on any atom is -0.248 e. The van der Waals surface area contributed by atoms with Crippen LogP contribution >= 0.6 is 22.9 Å². The first-order valence-corrected chi connectivity index (χ1v) is 7.46. The molecule has 0 bridgehead atoms. The van der Waals surface area contributed by atoms with E-state index in [-0.39, 0.29) is 16.5 Å². The van der Waals surface area contributed by atoms with Gasteiger partial charge in [-0.25, -0.2) is 18.1 Å². The van der Waals surface area contributed by atoms with Gasteiger partial charge in [0, 0.05) is 11.6 Å². The van der Waals surface area contributed by atoms with E-state index in [1.807, 2.05) is 0 Å². The summed E-state index contributed by atoms with van der Waals surface area (Å²) in [7, 11) is -3.58. The van der Waals surface area contributed by atoms with Gasteiger partial charge < -0.3 is 0 Å². The number of aromatic nitrogens is 1. The minimum absolute atomic E-state index is 0.0817. The highest BCUT2D eigenvalue weighted by molar-refractivity contribution is 7.89. The quantitative estimate of drug-likeness (QED) is 0.939. The molecule has 1 aromatic carbocycles. The molecule has 7 heteroatoms. The standard InChI is InChI=1S/C10H9ClN2O2S2/c11-8-3-1-2-4-9(8)17(14,15)13-7-10-12-5-6-16-10/h1-6,13H,7H2. The van der Waals surface area contributed by atoms with E-state index in [0.717, 1.165) is 0 Å². The Morgan fingerprint density at radius 2 is 2.12 bits per heavy atom. The Bertz CT molecular complexity index is 597. The van der Waals surface area contributed by atoms with E-state index in [4.69, 9.17) is 11.6 Å². The second-order valence-electron chi connectivity index (χ2n) is 3.18. The van der Waals surface area contributed by atoms with E-state index in [1.165, 1.54) is 17.4 Å². The van der Waals surface area contributed by atoms with Crippen LogP contribution in [0.1, 0.15) is 5.01 Å². The molecule has 0 amide bonds. The Labute approximate surface area is 108 Å². The zero-order valence-electron chi connectivity index (χ0n) is 8.63. The van der Waals surface area contributed by atoms with Crippen molar-refractivity contribution in [2.45, 2.75) is 11.4 Å². The number of nitrogens with zero attached hydrogens (tertiary/aromatic N) is 1. The Balaban J connectivity index is 2.17. The van der Waals surface area contributed by atoms with Crippen LogP contribution in [0.3, 0.4) is 0 Å². The molecule has 0 radical (unpaired) electrons. The summed E-state index contributed by atoms with van der Waals surface area (Å²) < 4.78 is 26.3. The molecule has 1 N–H and O–H groups in total. The summed E-state index contributed by atoms with van der Waals surface area (Å²) in [6, 6.07) is 6.32. The Morgan fingerprint density at radius 3 is 2.76 bits per heavy atom. The average Bonchev–Trinajstić information content (AvgIpc) is 2.80. The molecule has 1 heterocycles. The lowest BCUT2D eigenvalue weighted by Crippen LogP contribution is -2.23. The number of rotatable bonds is 4. The average molecular weight is 289 g/mol. The van der Waals surface area contributed by atoms with Gasteiger partial charge in [0.1, 0.15) is 9.90 Å². The van der Waals surface area contributed by atoms with Gasteiger partial charge in [0.15, 0.2) is 0 Å². The minimum atomic E-state index is -3.58. The summed E-state index contributed by atoms with van der Waals surface area (Å²) in [6.07, 6.45) is 1.63. The summed E-state index contributed by atoms with van der Waals surface area (Å²) in [4.78, 5) is 4.08. The molecule has 90 valence electrons. The van der Waals surface area contributed by atoms with Gasteiger partial charge in [0.2, 0.25) is 10.0 Å². The maximum absolute atomic E-state index is 11.9. The van der Waals surface area contributed by atoms with Crippen molar-refractivity contribution in [3.8, 4) is 0 Å². The summed E-state index contributed by atoms with van der Waals surface area (Å²) in [6.45, 7) is 0.172. The normalized spacial score (nSPS) is 11.6. The van der Waals surface area contributed by atoms with Crippen molar-refractivity contribution in [3.63, 3.8) is 0 Å². The van der Waals surface area contributed by atoms with Crippen LogP contribution in [0.25, 0.3) is 0 Å². The fourth-order valence-electron chi connectivity index (χ4n) is 1.24. The monoisotopic (exact) mass is 288 g/mol. The molecule has 2 rings (SSSR count). The highest BCUT2D eigenvalue weighted by atomic mass is 35.5. The molecule has 0 aliphatic carbocycles. The summed E-state index contributed by atoms with van der Waals surface area (Å²) >= 11 is 7.23. The first kappa shape index (κ1) is 12.5. The fraction of sp³-hybridized carbons (Fsp3) is 0.100. The Hall–Kier alpha value is -0.950. The Morgan fingerprint density at radius 1 is 1.35 bits per heavy atom. The lowest BCUT2D eigenvalue weighted by Gasteiger charge is -2.06. The second kappa shape index (κ2) is 5.14. The molecule has 0 unspecified atom stereocenters. The van der Waals surface area contributed by atoms with Crippen LogP contribution in [0, 0.1) is 0 Å². The smallest absolute Gasteiger partial charge is 0.242 e. The van der Waals surface area contributed by atoms with Crippen molar-refractivity contribution in [1.82, 2.24) is 9.71 Å². The summed E-state index contributed by atoms with van der Waals surface area (Å²) in [5.41, 5.74) is 0. The molecule has 0 fully saturated rings. The zero-order chi connectivity index (χ0) is 12.3. The molecule has 0 spiro atoms. The molecule has 4 nitrogen and oxygen atoms in total. The molecular weight excluding hydrogens is 280 g/mol. The van der Waals surface area contributed by atoms with Gasteiger partial charge >= 0.3 is 0 Å². The number of halogens is 1. The van der Waals surface area contributed by atoms with Crippen LogP contribution in [-0.4, -0.2) is 13.4 Å². The third-order valence-electron chi connectivity index (χ3n) is 2.02. The van der Waals surface area contributed by atoms with Gasteiger partial charge in [-0.15, -0.1) is 11.3 Å². The number of thiazole rings is 1. The van der Waals surface area contributed by atoms with Gasteiger partial charge in [-0.05, 0) is 12.1 Å². The number of benzene rings is 1. The van der Waals surface area contributed by atoms with Crippen molar-refractivity contribution in [3.05, 3.63) is 45.9 Å². The third-order valence-corrected chi connectivity index (χ3v) is 4.70. The van der Waals surface area contributed by atoms with Gasteiger partial charge in [0.05, 0.1) is 11.6 Å². The van der Waals surface area contributed by atoms with Gasteiger partial charge in [-0.3, -0.25) is 0 Å². The summed E-state index contributed by atoms with van der Waals surface area (Å²) in [5.74, 6) is 0. The SMILES string of the molecule is O=S(=O)(NCc1nccs1)c1ccccc1Cl. The van der Waals surface area contributed by atoms with E-state index in [2.05, 4.69) is 9.71 Å². The molecule has 0 aliphatic heterocycles. The zero-order valence-corrected chi connectivity index (χ0v) is 11.0. The van der Waals surface area contributed by atoms with E-state index >= 15 is 0 Å². The van der Waals surface area contributed by atoms with E-state index in [9.17, 15) is 8.42 Å². The lowest BCUT2D eigenvalue weighted by molar-refractivity contribution is 0.581. The number of hydrogen-bond acceptors (Lipinski definition) is 4. The molecular formula is C10H9ClN2O2S2. The highest BCUT2D eigenvalue weighted by Gasteiger charge is 2.17. The maximum Gasteiger partial charge on any atom is 0.242 e.